The highest BCUT2D eigenvalue weighted by molar-refractivity contribution is 7.90. The first kappa shape index (κ1) is 22.8. The first-order valence-electron chi connectivity index (χ1n) is 9.02. The summed E-state index contributed by atoms with van der Waals surface area (Å²) in [5.74, 6) is 0.163. The maximum absolute atomic E-state index is 13.0. The number of anilines is 1. The molecular formula is C18H21F3N4O3S2. The fourth-order valence-electron chi connectivity index (χ4n) is 3.14. The second kappa shape index (κ2) is 7.98. The average molecular weight is 463 g/mol. The highest BCUT2D eigenvalue weighted by atomic mass is 32.2. The van der Waals surface area contributed by atoms with E-state index in [1.54, 1.807) is 30.0 Å². The quantitative estimate of drug-likeness (QED) is 0.679. The average Bonchev–Trinajstić information content (AvgIpc) is 2.67. The second-order valence-electron chi connectivity index (χ2n) is 7.21. The van der Waals surface area contributed by atoms with Crippen molar-refractivity contribution in [2.75, 3.05) is 24.5 Å². The molecule has 12 heteroatoms. The third-order valence-electron chi connectivity index (χ3n) is 5.08. The summed E-state index contributed by atoms with van der Waals surface area (Å²) in [5.41, 5.74) is -3.54. The summed E-state index contributed by atoms with van der Waals surface area (Å²) in [6.45, 7) is 2.97. The summed E-state index contributed by atoms with van der Waals surface area (Å²) in [6.07, 6.45) is -3.00. The number of aliphatic hydroxyl groups is 1. The Hall–Kier alpha value is -1.89. The van der Waals surface area contributed by atoms with Gasteiger partial charge < -0.3 is 10.0 Å². The number of piperazine rings is 1. The molecule has 0 spiro atoms. The number of hydrogen-bond donors (Lipinski definition) is 2. The van der Waals surface area contributed by atoms with Crippen LogP contribution >= 0.6 is 12.6 Å². The van der Waals surface area contributed by atoms with Crippen LogP contribution in [0.2, 0.25) is 0 Å². The first-order chi connectivity index (χ1) is 13.9. The predicted molar refractivity (Wildman–Crippen MR) is 107 cm³/mol. The molecule has 2 aromatic rings. The minimum atomic E-state index is -4.87. The Bertz CT molecular complexity index is 1010. The lowest BCUT2D eigenvalue weighted by Crippen LogP contribution is -2.54. The summed E-state index contributed by atoms with van der Waals surface area (Å²) in [6, 6.07) is 6.08. The van der Waals surface area contributed by atoms with Crippen molar-refractivity contribution in [3.8, 4) is 0 Å². The lowest BCUT2D eigenvalue weighted by Gasteiger charge is -2.39. The van der Waals surface area contributed by atoms with Gasteiger partial charge >= 0.3 is 6.18 Å². The fraction of sp³-hybridized carbons (Fsp3) is 0.444. The Balaban J connectivity index is 1.77. The minimum absolute atomic E-state index is 0.115. The molecule has 1 saturated heterocycles. The first-order valence-corrected chi connectivity index (χ1v) is 10.9. The van der Waals surface area contributed by atoms with Gasteiger partial charge in [-0.15, -0.1) is 12.6 Å². The number of benzene rings is 1. The van der Waals surface area contributed by atoms with E-state index in [0.29, 0.717) is 11.8 Å². The van der Waals surface area contributed by atoms with Gasteiger partial charge in [0.1, 0.15) is 0 Å². The van der Waals surface area contributed by atoms with E-state index in [2.05, 4.69) is 22.6 Å². The molecule has 1 aliphatic rings. The van der Waals surface area contributed by atoms with Gasteiger partial charge in [-0.2, -0.15) is 17.5 Å². The number of alkyl halides is 3. The zero-order chi connectivity index (χ0) is 22.3. The summed E-state index contributed by atoms with van der Waals surface area (Å²) >= 11 is 4.22. The van der Waals surface area contributed by atoms with E-state index >= 15 is 0 Å². The van der Waals surface area contributed by atoms with Crippen molar-refractivity contribution >= 4 is 28.6 Å². The SMILES string of the molecule is C[C@H]1CN(S(=O)(=O)c2ccccc2S)CCN1c1ncc(C(C)(O)C(F)(F)F)cn1. The van der Waals surface area contributed by atoms with E-state index in [-0.39, 0.29) is 36.5 Å². The minimum Gasteiger partial charge on any atom is -0.376 e. The standard InChI is InChI=1S/C18H21F3N4O3S2/c1-12-11-24(30(27,28)15-6-4-3-5-14(15)29)7-8-25(12)16-22-9-13(10-23-16)17(2,26)18(19,20)21/h3-6,9-10,12,26,29H,7-8,11H2,1-2H3/t12-,17?/m0/s1. The second-order valence-corrected chi connectivity index (χ2v) is 9.60. The maximum Gasteiger partial charge on any atom is 0.421 e. The van der Waals surface area contributed by atoms with Crippen LogP contribution in [0.4, 0.5) is 19.1 Å². The number of hydrogen-bond acceptors (Lipinski definition) is 7. The largest absolute Gasteiger partial charge is 0.421 e. The van der Waals surface area contributed by atoms with E-state index in [4.69, 9.17) is 0 Å². The van der Waals surface area contributed by atoms with Crippen LogP contribution in [0.1, 0.15) is 19.4 Å². The summed E-state index contributed by atoms with van der Waals surface area (Å²) < 4.78 is 66.1. The molecular weight excluding hydrogens is 441 g/mol. The summed E-state index contributed by atoms with van der Waals surface area (Å²) in [4.78, 5) is 10.1. The molecule has 1 unspecified atom stereocenters. The molecule has 0 saturated carbocycles. The van der Waals surface area contributed by atoms with Crippen molar-refractivity contribution in [3.05, 3.63) is 42.2 Å². The highest BCUT2D eigenvalue weighted by Crippen LogP contribution is 2.38. The number of nitrogens with zero attached hydrogens (tertiary/aromatic N) is 4. The smallest absolute Gasteiger partial charge is 0.376 e. The Morgan fingerprint density at radius 3 is 2.30 bits per heavy atom. The van der Waals surface area contributed by atoms with Crippen LogP contribution < -0.4 is 4.90 Å². The van der Waals surface area contributed by atoms with E-state index in [0.717, 1.165) is 12.4 Å². The Labute approximate surface area is 178 Å². The summed E-state index contributed by atoms with van der Waals surface area (Å²) in [5, 5.41) is 9.73. The zero-order valence-corrected chi connectivity index (χ0v) is 17.9. The Kier molecular flexibility index (Phi) is 6.07. The van der Waals surface area contributed by atoms with Crippen LogP contribution in [0.25, 0.3) is 0 Å². The Morgan fingerprint density at radius 2 is 1.77 bits per heavy atom. The zero-order valence-electron chi connectivity index (χ0n) is 16.2. The lowest BCUT2D eigenvalue weighted by atomic mass is 9.99. The van der Waals surface area contributed by atoms with Crippen molar-refractivity contribution < 1.29 is 26.7 Å². The normalized spacial score (nSPS) is 20.8. The third-order valence-corrected chi connectivity index (χ3v) is 7.55. The van der Waals surface area contributed by atoms with Crippen LogP contribution in [0.3, 0.4) is 0 Å². The predicted octanol–water partition coefficient (Wildman–Crippen LogP) is 2.43. The number of halogens is 3. The van der Waals surface area contributed by atoms with E-state index in [1.165, 1.54) is 10.4 Å². The fourth-order valence-corrected chi connectivity index (χ4v) is 5.24. The number of aromatic nitrogens is 2. The van der Waals surface area contributed by atoms with Gasteiger partial charge in [0.05, 0.1) is 4.90 Å². The topological polar surface area (TPSA) is 86.6 Å². The van der Waals surface area contributed by atoms with E-state index in [1.807, 2.05) is 0 Å². The molecule has 1 N–H and O–H groups in total. The molecule has 0 amide bonds. The Morgan fingerprint density at radius 1 is 1.17 bits per heavy atom. The molecule has 2 atom stereocenters. The van der Waals surface area contributed by atoms with Crippen molar-refractivity contribution in [1.82, 2.24) is 14.3 Å². The van der Waals surface area contributed by atoms with E-state index in [9.17, 15) is 26.7 Å². The van der Waals surface area contributed by atoms with Gasteiger partial charge in [-0.3, -0.25) is 0 Å². The molecule has 3 rings (SSSR count). The van der Waals surface area contributed by atoms with E-state index < -0.39 is 27.4 Å². The molecule has 1 fully saturated rings. The van der Waals surface area contributed by atoms with Crippen LogP contribution in [0, 0.1) is 0 Å². The van der Waals surface area contributed by atoms with Gasteiger partial charge in [0, 0.05) is 48.5 Å². The molecule has 2 heterocycles. The molecule has 1 aromatic heterocycles. The monoisotopic (exact) mass is 462 g/mol. The number of thiol groups is 1. The van der Waals surface area contributed by atoms with Crippen molar-refractivity contribution in [1.29, 1.82) is 0 Å². The van der Waals surface area contributed by atoms with Crippen LogP contribution in [-0.4, -0.2) is 59.6 Å². The van der Waals surface area contributed by atoms with Crippen LogP contribution in [-0.2, 0) is 15.6 Å². The van der Waals surface area contributed by atoms with Gasteiger partial charge in [0.25, 0.3) is 0 Å². The molecule has 0 radical (unpaired) electrons. The van der Waals surface area contributed by atoms with Crippen molar-refractivity contribution in [2.24, 2.45) is 0 Å². The summed E-state index contributed by atoms with van der Waals surface area (Å²) in [7, 11) is -3.74. The molecule has 30 heavy (non-hydrogen) atoms. The molecule has 0 aliphatic carbocycles. The molecule has 164 valence electrons. The van der Waals surface area contributed by atoms with Gasteiger partial charge in [0.15, 0.2) is 5.60 Å². The van der Waals surface area contributed by atoms with Crippen LogP contribution in [0.15, 0.2) is 46.5 Å². The highest BCUT2D eigenvalue weighted by Gasteiger charge is 2.51. The third kappa shape index (κ3) is 4.13. The van der Waals surface area contributed by atoms with Crippen molar-refractivity contribution in [2.45, 2.75) is 41.5 Å². The number of rotatable bonds is 4. The number of sulfonamides is 1. The van der Waals surface area contributed by atoms with Gasteiger partial charge in [0.2, 0.25) is 16.0 Å². The van der Waals surface area contributed by atoms with Gasteiger partial charge in [-0.1, -0.05) is 12.1 Å². The maximum atomic E-state index is 13.0. The molecule has 1 aromatic carbocycles. The van der Waals surface area contributed by atoms with Gasteiger partial charge in [-0.25, -0.2) is 18.4 Å². The van der Waals surface area contributed by atoms with Gasteiger partial charge in [-0.05, 0) is 26.0 Å². The molecule has 7 nitrogen and oxygen atoms in total. The molecule has 1 aliphatic heterocycles. The van der Waals surface area contributed by atoms with Crippen LogP contribution in [0.5, 0.6) is 0 Å². The lowest BCUT2D eigenvalue weighted by molar-refractivity contribution is -0.259. The molecule has 0 bridgehead atoms. The van der Waals surface area contributed by atoms with Crippen molar-refractivity contribution in [3.63, 3.8) is 0 Å².